The Hall–Kier alpha value is -1.94. The van der Waals surface area contributed by atoms with Crippen LogP contribution in [0.5, 0.6) is 0 Å². The number of hydrogen-bond acceptors (Lipinski definition) is 3. The van der Waals surface area contributed by atoms with E-state index in [1.165, 1.54) is 0 Å². The summed E-state index contributed by atoms with van der Waals surface area (Å²) in [6, 6.07) is 7.90. The average molecular weight is 245 g/mol. The van der Waals surface area contributed by atoms with Gasteiger partial charge in [-0.05, 0) is 29.8 Å². The number of nitrogens with zero attached hydrogens (tertiary/aromatic N) is 4. The van der Waals surface area contributed by atoms with Crippen molar-refractivity contribution >= 4 is 22.5 Å². The van der Waals surface area contributed by atoms with Crippen LogP contribution in [0.1, 0.15) is 0 Å². The minimum absolute atomic E-state index is 0.258. The molecule has 0 saturated carbocycles. The van der Waals surface area contributed by atoms with Crippen LogP contribution in [0.25, 0.3) is 22.2 Å². The molecule has 3 rings (SSSR count). The Morgan fingerprint density at radius 1 is 1.24 bits per heavy atom. The summed E-state index contributed by atoms with van der Waals surface area (Å²) in [5, 5.41) is 5.55. The van der Waals surface area contributed by atoms with E-state index in [9.17, 15) is 0 Å². The molecule has 4 nitrogen and oxygen atoms in total. The third kappa shape index (κ3) is 1.76. The number of halogens is 1. The first-order chi connectivity index (χ1) is 8.24. The normalized spacial score (nSPS) is 10.9. The topological polar surface area (TPSA) is 43.6 Å². The maximum Gasteiger partial charge on any atom is 0.222 e. The van der Waals surface area contributed by atoms with Gasteiger partial charge in [0.2, 0.25) is 5.28 Å². The average Bonchev–Trinajstić information content (AvgIpc) is 2.71. The van der Waals surface area contributed by atoms with Gasteiger partial charge in [-0.2, -0.15) is 5.10 Å². The number of benzene rings is 1. The maximum atomic E-state index is 5.78. The van der Waals surface area contributed by atoms with Crippen LogP contribution >= 0.6 is 11.6 Å². The van der Waals surface area contributed by atoms with Crippen molar-refractivity contribution in [1.82, 2.24) is 19.7 Å². The van der Waals surface area contributed by atoms with E-state index in [0.29, 0.717) is 0 Å². The Bertz CT molecular complexity index is 690. The molecule has 0 aliphatic carbocycles. The third-order valence-electron chi connectivity index (χ3n) is 2.67. The molecular weight excluding hydrogens is 236 g/mol. The Morgan fingerprint density at radius 2 is 2.12 bits per heavy atom. The largest absolute Gasteiger partial charge is 0.268 e. The molecule has 0 atom stereocenters. The zero-order valence-corrected chi connectivity index (χ0v) is 9.89. The van der Waals surface area contributed by atoms with Crippen molar-refractivity contribution in [2.75, 3.05) is 0 Å². The van der Waals surface area contributed by atoms with Gasteiger partial charge in [0.15, 0.2) is 0 Å². The standard InChI is InChI=1S/C12H9ClN4/c1-17-11-3-2-8(6-9(11)7-15-17)10-4-5-14-12(13)16-10/h2-7H,1H3. The number of rotatable bonds is 1. The summed E-state index contributed by atoms with van der Waals surface area (Å²) in [6.07, 6.45) is 3.49. The molecule has 0 N–H and O–H groups in total. The first-order valence-corrected chi connectivity index (χ1v) is 5.52. The van der Waals surface area contributed by atoms with E-state index >= 15 is 0 Å². The number of hydrogen-bond donors (Lipinski definition) is 0. The molecular formula is C12H9ClN4. The lowest BCUT2D eigenvalue weighted by Gasteiger charge is -2.01. The van der Waals surface area contributed by atoms with E-state index in [2.05, 4.69) is 15.1 Å². The SMILES string of the molecule is Cn1ncc2cc(-c3ccnc(Cl)n3)ccc21. The van der Waals surface area contributed by atoms with Gasteiger partial charge in [0.1, 0.15) is 0 Å². The molecule has 2 aromatic heterocycles. The van der Waals surface area contributed by atoms with Crippen LogP contribution in [0, 0.1) is 0 Å². The minimum Gasteiger partial charge on any atom is -0.268 e. The van der Waals surface area contributed by atoms with E-state index in [1.54, 1.807) is 6.20 Å². The molecule has 0 fully saturated rings. The monoisotopic (exact) mass is 244 g/mol. The molecule has 17 heavy (non-hydrogen) atoms. The fourth-order valence-electron chi connectivity index (χ4n) is 1.82. The van der Waals surface area contributed by atoms with Crippen LogP contribution in [-0.4, -0.2) is 19.7 Å². The summed E-state index contributed by atoms with van der Waals surface area (Å²) in [4.78, 5) is 8.05. The summed E-state index contributed by atoms with van der Waals surface area (Å²) in [6.45, 7) is 0. The molecule has 0 spiro atoms. The van der Waals surface area contributed by atoms with Gasteiger partial charge in [-0.15, -0.1) is 0 Å². The van der Waals surface area contributed by atoms with Crippen LogP contribution in [0.15, 0.2) is 36.7 Å². The highest BCUT2D eigenvalue weighted by atomic mass is 35.5. The van der Waals surface area contributed by atoms with Crippen LogP contribution in [0.2, 0.25) is 5.28 Å². The van der Waals surface area contributed by atoms with Crippen molar-refractivity contribution in [3.8, 4) is 11.3 Å². The van der Waals surface area contributed by atoms with Crippen LogP contribution in [0.3, 0.4) is 0 Å². The van der Waals surface area contributed by atoms with E-state index in [4.69, 9.17) is 11.6 Å². The van der Waals surface area contributed by atoms with E-state index in [-0.39, 0.29) is 5.28 Å². The summed E-state index contributed by atoms with van der Waals surface area (Å²) in [5.74, 6) is 0. The second-order valence-corrected chi connectivity index (χ2v) is 4.09. The number of aryl methyl sites for hydroxylation is 1. The molecule has 2 heterocycles. The zero-order valence-electron chi connectivity index (χ0n) is 9.13. The fourth-order valence-corrected chi connectivity index (χ4v) is 1.97. The molecule has 0 unspecified atom stereocenters. The Morgan fingerprint density at radius 3 is 2.94 bits per heavy atom. The van der Waals surface area contributed by atoms with Crippen molar-refractivity contribution in [3.05, 3.63) is 41.9 Å². The molecule has 1 aromatic carbocycles. The lowest BCUT2D eigenvalue weighted by molar-refractivity contribution is 0.797. The summed E-state index contributed by atoms with van der Waals surface area (Å²) in [5.41, 5.74) is 2.92. The molecule has 3 aromatic rings. The Balaban J connectivity index is 2.18. The first kappa shape index (κ1) is 10.2. The van der Waals surface area contributed by atoms with Gasteiger partial charge < -0.3 is 0 Å². The summed E-state index contributed by atoms with van der Waals surface area (Å²) >= 11 is 5.78. The van der Waals surface area contributed by atoms with Gasteiger partial charge in [0, 0.05) is 24.2 Å². The first-order valence-electron chi connectivity index (χ1n) is 5.15. The quantitative estimate of drug-likeness (QED) is 0.618. The molecule has 84 valence electrons. The van der Waals surface area contributed by atoms with Crippen LogP contribution in [-0.2, 0) is 7.05 Å². The number of aromatic nitrogens is 4. The maximum absolute atomic E-state index is 5.78. The summed E-state index contributed by atoms with van der Waals surface area (Å²) in [7, 11) is 1.92. The lowest BCUT2D eigenvalue weighted by Crippen LogP contribution is -1.89. The van der Waals surface area contributed by atoms with Crippen molar-refractivity contribution < 1.29 is 0 Å². The Kier molecular flexibility index (Phi) is 2.30. The van der Waals surface area contributed by atoms with Crippen molar-refractivity contribution in [3.63, 3.8) is 0 Å². The Labute approximate surface area is 103 Å². The minimum atomic E-state index is 0.258. The van der Waals surface area contributed by atoms with Crippen molar-refractivity contribution in [2.45, 2.75) is 0 Å². The zero-order chi connectivity index (χ0) is 11.8. The van der Waals surface area contributed by atoms with Crippen molar-refractivity contribution in [2.24, 2.45) is 7.05 Å². The smallest absolute Gasteiger partial charge is 0.222 e. The predicted molar refractivity (Wildman–Crippen MR) is 66.8 cm³/mol. The summed E-state index contributed by atoms with van der Waals surface area (Å²) < 4.78 is 1.84. The molecule has 5 heteroatoms. The van der Waals surface area contributed by atoms with E-state index in [1.807, 2.05) is 42.2 Å². The second kappa shape index (κ2) is 3.82. The fraction of sp³-hybridized carbons (Fsp3) is 0.0833. The molecule has 0 saturated heterocycles. The second-order valence-electron chi connectivity index (χ2n) is 3.75. The molecule has 0 aliphatic heterocycles. The van der Waals surface area contributed by atoms with Gasteiger partial charge in [-0.1, -0.05) is 6.07 Å². The number of fused-ring (bicyclic) bond motifs is 1. The van der Waals surface area contributed by atoms with Crippen molar-refractivity contribution in [1.29, 1.82) is 0 Å². The van der Waals surface area contributed by atoms with Crippen LogP contribution in [0.4, 0.5) is 0 Å². The highest BCUT2D eigenvalue weighted by Gasteiger charge is 2.04. The van der Waals surface area contributed by atoms with Gasteiger partial charge in [-0.3, -0.25) is 4.68 Å². The highest BCUT2D eigenvalue weighted by Crippen LogP contribution is 2.22. The van der Waals surface area contributed by atoms with Crippen LogP contribution < -0.4 is 0 Å². The highest BCUT2D eigenvalue weighted by molar-refractivity contribution is 6.28. The van der Waals surface area contributed by atoms with Gasteiger partial charge in [0.25, 0.3) is 0 Å². The molecule has 0 aliphatic rings. The molecule has 0 bridgehead atoms. The lowest BCUT2D eigenvalue weighted by atomic mass is 10.1. The van der Waals surface area contributed by atoms with E-state index < -0.39 is 0 Å². The molecule has 0 radical (unpaired) electrons. The van der Waals surface area contributed by atoms with Gasteiger partial charge >= 0.3 is 0 Å². The predicted octanol–water partition coefficient (Wildman–Crippen LogP) is 2.68. The van der Waals surface area contributed by atoms with Gasteiger partial charge in [0.05, 0.1) is 17.4 Å². The van der Waals surface area contributed by atoms with Gasteiger partial charge in [-0.25, -0.2) is 9.97 Å². The third-order valence-corrected chi connectivity index (χ3v) is 2.85. The molecule has 0 amide bonds. The van der Waals surface area contributed by atoms with E-state index in [0.717, 1.165) is 22.2 Å².